The van der Waals surface area contributed by atoms with Crippen LogP contribution in [0, 0.1) is 0 Å². The molecule has 0 fully saturated rings. The molecule has 0 N–H and O–H groups in total. The van der Waals surface area contributed by atoms with Crippen LogP contribution in [0.2, 0.25) is 0 Å². The van der Waals surface area contributed by atoms with E-state index in [0.717, 1.165) is 82.8 Å². The normalized spacial score (nSPS) is 11.8. The summed E-state index contributed by atoms with van der Waals surface area (Å²) in [4.78, 5) is 2.40. The third kappa shape index (κ3) is 3.93. The highest BCUT2D eigenvalue weighted by atomic mass is 16.3. The quantitative estimate of drug-likeness (QED) is 0.201. The van der Waals surface area contributed by atoms with Crippen LogP contribution >= 0.6 is 0 Å². The molecule has 8 aromatic carbocycles. The van der Waals surface area contributed by atoms with Gasteiger partial charge < -0.3 is 13.7 Å². The second-order valence-electron chi connectivity index (χ2n) is 12.1. The molecule has 0 amide bonds. The standard InChI is InChI=1S/C44H27NO2/c1-2-13-30-27-31(25-23-28(30)11-1)45(38-19-10-22-41-43(38)36-26-24-29-12-3-4-14-32(29)44(36)47-41)37-18-7-5-15-33(37)34-17-9-21-40-42(34)35-16-6-8-20-39(35)46-40/h1-27H. The SMILES string of the molecule is c1ccc(N(c2ccc3ccccc3c2)c2cccc3oc4c5ccccc5ccc4c23)c(-c2cccc3oc4ccccc4c23)c1. The molecule has 0 aliphatic carbocycles. The van der Waals surface area contributed by atoms with Gasteiger partial charge in [-0.3, -0.25) is 0 Å². The Labute approximate surface area is 270 Å². The van der Waals surface area contributed by atoms with Crippen LogP contribution in [-0.4, -0.2) is 0 Å². The van der Waals surface area contributed by atoms with Crippen LogP contribution in [-0.2, 0) is 0 Å². The van der Waals surface area contributed by atoms with Gasteiger partial charge in [0.15, 0.2) is 0 Å². The van der Waals surface area contributed by atoms with Crippen molar-refractivity contribution < 1.29 is 8.83 Å². The Bertz CT molecular complexity index is 2820. The lowest BCUT2D eigenvalue weighted by Crippen LogP contribution is -2.11. The number of para-hydroxylation sites is 2. The molecule has 2 aromatic heterocycles. The average molecular weight is 602 g/mol. The van der Waals surface area contributed by atoms with Gasteiger partial charge in [-0.25, -0.2) is 0 Å². The van der Waals surface area contributed by atoms with Crippen LogP contribution < -0.4 is 4.90 Å². The molecule has 3 heteroatoms. The topological polar surface area (TPSA) is 29.5 Å². The predicted molar refractivity (Wildman–Crippen MR) is 196 cm³/mol. The Morgan fingerprint density at radius 3 is 1.91 bits per heavy atom. The molecule has 0 atom stereocenters. The number of nitrogens with zero attached hydrogens (tertiary/aromatic N) is 1. The number of benzene rings is 8. The van der Waals surface area contributed by atoms with Gasteiger partial charge in [-0.05, 0) is 70.3 Å². The number of furan rings is 2. The molecule has 0 aliphatic rings. The molecule has 47 heavy (non-hydrogen) atoms. The third-order valence-electron chi connectivity index (χ3n) is 9.44. The zero-order chi connectivity index (χ0) is 30.9. The van der Waals surface area contributed by atoms with Crippen molar-refractivity contribution >= 4 is 82.5 Å². The largest absolute Gasteiger partial charge is 0.456 e. The minimum Gasteiger partial charge on any atom is -0.456 e. The van der Waals surface area contributed by atoms with E-state index in [0.29, 0.717) is 0 Å². The Morgan fingerprint density at radius 2 is 1.00 bits per heavy atom. The molecular weight excluding hydrogens is 574 g/mol. The number of fused-ring (bicyclic) bond motifs is 9. The fraction of sp³-hybridized carbons (Fsp3) is 0. The van der Waals surface area contributed by atoms with Crippen LogP contribution in [0.5, 0.6) is 0 Å². The van der Waals surface area contributed by atoms with Gasteiger partial charge in [0.05, 0.1) is 16.8 Å². The average Bonchev–Trinajstić information content (AvgIpc) is 3.71. The van der Waals surface area contributed by atoms with Gasteiger partial charge in [0.1, 0.15) is 22.3 Å². The van der Waals surface area contributed by atoms with Gasteiger partial charge in [0, 0.05) is 32.8 Å². The van der Waals surface area contributed by atoms with E-state index in [1.165, 1.54) is 10.8 Å². The fourth-order valence-corrected chi connectivity index (χ4v) is 7.34. The van der Waals surface area contributed by atoms with Crippen molar-refractivity contribution in [2.45, 2.75) is 0 Å². The summed E-state index contributed by atoms with van der Waals surface area (Å²) in [6, 6.07) is 57.9. The van der Waals surface area contributed by atoms with Crippen LogP contribution in [0.25, 0.3) is 76.5 Å². The highest BCUT2D eigenvalue weighted by molar-refractivity contribution is 6.20. The highest BCUT2D eigenvalue weighted by Crippen LogP contribution is 2.48. The zero-order valence-electron chi connectivity index (χ0n) is 25.4. The molecule has 220 valence electrons. The second kappa shape index (κ2) is 10.1. The van der Waals surface area contributed by atoms with E-state index in [1.54, 1.807) is 0 Å². The molecule has 0 unspecified atom stereocenters. The maximum atomic E-state index is 6.67. The lowest BCUT2D eigenvalue weighted by atomic mass is 9.96. The van der Waals surface area contributed by atoms with Crippen molar-refractivity contribution in [2.75, 3.05) is 4.90 Å². The molecule has 0 spiro atoms. The van der Waals surface area contributed by atoms with Gasteiger partial charge >= 0.3 is 0 Å². The summed E-state index contributed by atoms with van der Waals surface area (Å²) in [6.07, 6.45) is 0. The highest BCUT2D eigenvalue weighted by Gasteiger charge is 2.24. The molecule has 10 aromatic rings. The fourth-order valence-electron chi connectivity index (χ4n) is 7.34. The Balaban J connectivity index is 1.31. The summed E-state index contributed by atoms with van der Waals surface area (Å²) >= 11 is 0. The number of hydrogen-bond acceptors (Lipinski definition) is 3. The predicted octanol–water partition coefficient (Wildman–Crippen LogP) is 12.9. The summed E-state index contributed by atoms with van der Waals surface area (Å²) in [6.45, 7) is 0. The van der Waals surface area contributed by atoms with E-state index in [-0.39, 0.29) is 0 Å². The minimum atomic E-state index is 0.861. The second-order valence-corrected chi connectivity index (χ2v) is 12.1. The minimum absolute atomic E-state index is 0.861. The Morgan fingerprint density at radius 1 is 0.362 bits per heavy atom. The summed E-state index contributed by atoms with van der Waals surface area (Å²) < 4.78 is 13.0. The monoisotopic (exact) mass is 601 g/mol. The third-order valence-corrected chi connectivity index (χ3v) is 9.44. The molecule has 0 saturated carbocycles. The maximum absolute atomic E-state index is 6.67. The summed E-state index contributed by atoms with van der Waals surface area (Å²) in [5, 5.41) is 9.08. The van der Waals surface area contributed by atoms with Crippen molar-refractivity contribution in [1.82, 2.24) is 0 Å². The Hall–Kier alpha value is -6.32. The van der Waals surface area contributed by atoms with Crippen molar-refractivity contribution in [2.24, 2.45) is 0 Å². The molecule has 0 bridgehead atoms. The van der Waals surface area contributed by atoms with Crippen molar-refractivity contribution in [3.63, 3.8) is 0 Å². The molecule has 0 aliphatic heterocycles. The van der Waals surface area contributed by atoms with Crippen molar-refractivity contribution in [3.05, 3.63) is 164 Å². The first-order chi connectivity index (χ1) is 23.3. The van der Waals surface area contributed by atoms with Crippen molar-refractivity contribution in [1.29, 1.82) is 0 Å². The molecular formula is C44H27NO2. The van der Waals surface area contributed by atoms with E-state index in [9.17, 15) is 0 Å². The molecule has 10 rings (SSSR count). The van der Waals surface area contributed by atoms with E-state index in [1.807, 2.05) is 12.1 Å². The lowest BCUT2D eigenvalue weighted by Gasteiger charge is -2.29. The first-order valence-corrected chi connectivity index (χ1v) is 15.9. The zero-order valence-corrected chi connectivity index (χ0v) is 25.4. The number of rotatable bonds is 4. The van der Waals surface area contributed by atoms with Gasteiger partial charge in [-0.2, -0.15) is 0 Å². The van der Waals surface area contributed by atoms with E-state index in [2.05, 4.69) is 157 Å². The van der Waals surface area contributed by atoms with Crippen LogP contribution in [0.1, 0.15) is 0 Å². The van der Waals surface area contributed by atoms with E-state index >= 15 is 0 Å². The lowest BCUT2D eigenvalue weighted by molar-refractivity contribution is 0.669. The number of hydrogen-bond donors (Lipinski definition) is 0. The van der Waals surface area contributed by atoms with Crippen LogP contribution in [0.3, 0.4) is 0 Å². The smallest absolute Gasteiger partial charge is 0.143 e. The van der Waals surface area contributed by atoms with E-state index in [4.69, 9.17) is 8.83 Å². The van der Waals surface area contributed by atoms with Gasteiger partial charge in [0.25, 0.3) is 0 Å². The van der Waals surface area contributed by atoms with Crippen LogP contribution in [0.15, 0.2) is 173 Å². The Kier molecular flexibility index (Phi) is 5.57. The first kappa shape index (κ1) is 26.0. The van der Waals surface area contributed by atoms with Gasteiger partial charge in [-0.1, -0.05) is 115 Å². The molecule has 0 radical (unpaired) electrons. The summed E-state index contributed by atoms with van der Waals surface area (Å²) in [5.74, 6) is 0. The molecule has 2 heterocycles. The van der Waals surface area contributed by atoms with Crippen LogP contribution in [0.4, 0.5) is 17.1 Å². The van der Waals surface area contributed by atoms with Gasteiger partial charge in [-0.15, -0.1) is 0 Å². The number of anilines is 3. The maximum Gasteiger partial charge on any atom is 0.143 e. The molecule has 3 nitrogen and oxygen atoms in total. The van der Waals surface area contributed by atoms with Crippen molar-refractivity contribution in [3.8, 4) is 11.1 Å². The molecule has 0 saturated heterocycles. The van der Waals surface area contributed by atoms with Gasteiger partial charge in [0.2, 0.25) is 0 Å². The first-order valence-electron chi connectivity index (χ1n) is 15.9. The van der Waals surface area contributed by atoms with E-state index < -0.39 is 0 Å². The summed E-state index contributed by atoms with van der Waals surface area (Å²) in [5.41, 5.74) is 8.99. The summed E-state index contributed by atoms with van der Waals surface area (Å²) in [7, 11) is 0.